The SMILES string of the molecule is CC(C)CC(CN(C)C)Nc1nnc2ccccc2n1. The molecule has 1 N–H and O–H groups in total. The van der Waals surface area contributed by atoms with Crippen LogP contribution in [0.15, 0.2) is 24.3 Å². The Morgan fingerprint density at radius 1 is 1.10 bits per heavy atom. The van der Waals surface area contributed by atoms with Gasteiger partial charge in [0, 0.05) is 12.6 Å². The van der Waals surface area contributed by atoms with Crippen LogP contribution in [-0.2, 0) is 0 Å². The number of aromatic nitrogens is 3. The molecular formula is C15H23N5. The maximum Gasteiger partial charge on any atom is 0.243 e. The van der Waals surface area contributed by atoms with Crippen LogP contribution in [0.5, 0.6) is 0 Å². The lowest BCUT2D eigenvalue weighted by molar-refractivity contribution is 0.355. The van der Waals surface area contributed by atoms with Crippen molar-refractivity contribution in [2.45, 2.75) is 26.3 Å². The summed E-state index contributed by atoms with van der Waals surface area (Å²) in [4.78, 5) is 6.70. The number of fused-ring (bicyclic) bond motifs is 1. The zero-order valence-electron chi connectivity index (χ0n) is 12.7. The Morgan fingerprint density at radius 2 is 1.80 bits per heavy atom. The molecule has 1 aromatic heterocycles. The van der Waals surface area contributed by atoms with Crippen LogP contribution in [0, 0.1) is 5.92 Å². The van der Waals surface area contributed by atoms with Crippen molar-refractivity contribution in [3.63, 3.8) is 0 Å². The molecule has 0 aliphatic rings. The van der Waals surface area contributed by atoms with Gasteiger partial charge >= 0.3 is 0 Å². The number of para-hydroxylation sites is 1. The Balaban J connectivity index is 2.14. The first-order chi connectivity index (χ1) is 9.54. The fraction of sp³-hybridized carbons (Fsp3) is 0.533. The van der Waals surface area contributed by atoms with Gasteiger partial charge in [-0.1, -0.05) is 26.0 Å². The van der Waals surface area contributed by atoms with Gasteiger partial charge < -0.3 is 10.2 Å². The van der Waals surface area contributed by atoms with Crippen molar-refractivity contribution in [2.24, 2.45) is 5.92 Å². The van der Waals surface area contributed by atoms with E-state index in [1.54, 1.807) is 0 Å². The van der Waals surface area contributed by atoms with Crippen molar-refractivity contribution < 1.29 is 0 Å². The number of hydrogen-bond donors (Lipinski definition) is 1. The van der Waals surface area contributed by atoms with Gasteiger partial charge in [0.15, 0.2) is 0 Å². The van der Waals surface area contributed by atoms with E-state index in [0.717, 1.165) is 24.0 Å². The average Bonchev–Trinajstić information content (AvgIpc) is 2.37. The third-order valence-electron chi connectivity index (χ3n) is 3.04. The predicted molar refractivity (Wildman–Crippen MR) is 82.8 cm³/mol. The van der Waals surface area contributed by atoms with Crippen LogP contribution in [0.2, 0.25) is 0 Å². The molecule has 0 spiro atoms. The van der Waals surface area contributed by atoms with Crippen LogP contribution in [0.1, 0.15) is 20.3 Å². The van der Waals surface area contributed by atoms with Crippen molar-refractivity contribution in [3.05, 3.63) is 24.3 Å². The number of nitrogens with zero attached hydrogens (tertiary/aromatic N) is 4. The van der Waals surface area contributed by atoms with E-state index in [2.05, 4.69) is 53.3 Å². The zero-order chi connectivity index (χ0) is 14.5. The number of anilines is 1. The summed E-state index contributed by atoms with van der Waals surface area (Å²) in [5.41, 5.74) is 1.70. The maximum absolute atomic E-state index is 4.53. The van der Waals surface area contributed by atoms with Crippen molar-refractivity contribution in [1.29, 1.82) is 0 Å². The van der Waals surface area contributed by atoms with E-state index in [4.69, 9.17) is 0 Å². The average molecular weight is 273 g/mol. The van der Waals surface area contributed by atoms with E-state index in [1.165, 1.54) is 0 Å². The lowest BCUT2D eigenvalue weighted by atomic mass is 10.0. The van der Waals surface area contributed by atoms with E-state index in [0.29, 0.717) is 17.9 Å². The van der Waals surface area contributed by atoms with Crippen LogP contribution >= 0.6 is 0 Å². The van der Waals surface area contributed by atoms with Gasteiger partial charge in [0.1, 0.15) is 5.52 Å². The van der Waals surface area contributed by atoms with Gasteiger partial charge in [-0.3, -0.25) is 0 Å². The normalized spacial score (nSPS) is 13.1. The standard InChI is InChI=1S/C15H23N5/c1-11(2)9-12(10-20(3)4)16-15-17-13-7-5-6-8-14(13)18-19-15/h5-8,11-12H,9-10H2,1-4H3,(H,16,17,19). The molecular weight excluding hydrogens is 250 g/mol. The summed E-state index contributed by atoms with van der Waals surface area (Å²) in [7, 11) is 4.16. The van der Waals surface area contributed by atoms with E-state index < -0.39 is 0 Å². The second kappa shape index (κ2) is 6.61. The van der Waals surface area contributed by atoms with Crippen LogP contribution in [-0.4, -0.2) is 46.8 Å². The molecule has 1 atom stereocenters. The second-order valence-corrected chi connectivity index (χ2v) is 5.86. The number of likely N-dealkylation sites (N-methyl/N-ethyl adjacent to an activating group) is 1. The molecule has 0 saturated heterocycles. The molecule has 0 radical (unpaired) electrons. The number of nitrogens with one attached hydrogen (secondary N) is 1. The molecule has 1 unspecified atom stereocenters. The molecule has 0 bridgehead atoms. The molecule has 5 heteroatoms. The molecule has 0 aliphatic carbocycles. The zero-order valence-corrected chi connectivity index (χ0v) is 12.7. The largest absolute Gasteiger partial charge is 0.349 e. The van der Waals surface area contributed by atoms with Crippen LogP contribution in [0.25, 0.3) is 11.0 Å². The summed E-state index contributed by atoms with van der Waals surface area (Å²) in [6, 6.07) is 8.11. The Kier molecular flexibility index (Phi) is 4.84. The van der Waals surface area contributed by atoms with Crippen LogP contribution < -0.4 is 5.32 Å². The summed E-state index contributed by atoms with van der Waals surface area (Å²) < 4.78 is 0. The minimum absolute atomic E-state index is 0.327. The molecule has 0 fully saturated rings. The van der Waals surface area contributed by atoms with E-state index >= 15 is 0 Å². The Morgan fingerprint density at radius 3 is 2.45 bits per heavy atom. The highest BCUT2D eigenvalue weighted by atomic mass is 15.3. The monoisotopic (exact) mass is 273 g/mol. The smallest absolute Gasteiger partial charge is 0.243 e. The molecule has 20 heavy (non-hydrogen) atoms. The molecule has 0 saturated carbocycles. The van der Waals surface area contributed by atoms with Crippen molar-refractivity contribution in [3.8, 4) is 0 Å². The van der Waals surface area contributed by atoms with Gasteiger partial charge in [0.05, 0.1) is 5.52 Å². The lowest BCUT2D eigenvalue weighted by Crippen LogP contribution is -2.34. The van der Waals surface area contributed by atoms with E-state index in [9.17, 15) is 0 Å². The first kappa shape index (κ1) is 14.7. The molecule has 1 aromatic carbocycles. The second-order valence-electron chi connectivity index (χ2n) is 5.86. The third-order valence-corrected chi connectivity index (χ3v) is 3.04. The summed E-state index contributed by atoms with van der Waals surface area (Å²) in [6.07, 6.45) is 1.08. The molecule has 2 aromatic rings. The lowest BCUT2D eigenvalue weighted by Gasteiger charge is -2.23. The quantitative estimate of drug-likeness (QED) is 0.876. The highest BCUT2D eigenvalue weighted by Crippen LogP contribution is 2.13. The molecule has 0 amide bonds. The molecule has 1 heterocycles. The first-order valence-corrected chi connectivity index (χ1v) is 7.05. The van der Waals surface area contributed by atoms with Crippen LogP contribution in [0.3, 0.4) is 0 Å². The van der Waals surface area contributed by atoms with Crippen molar-refractivity contribution in [1.82, 2.24) is 20.1 Å². The minimum atomic E-state index is 0.327. The number of rotatable bonds is 6. The van der Waals surface area contributed by atoms with Gasteiger partial charge in [-0.25, -0.2) is 4.98 Å². The molecule has 2 rings (SSSR count). The van der Waals surface area contributed by atoms with Crippen molar-refractivity contribution >= 4 is 17.0 Å². The van der Waals surface area contributed by atoms with E-state index in [-0.39, 0.29) is 0 Å². The van der Waals surface area contributed by atoms with Gasteiger partial charge in [-0.2, -0.15) is 0 Å². The predicted octanol–water partition coefficient (Wildman–Crippen LogP) is 2.41. The molecule has 108 valence electrons. The summed E-state index contributed by atoms with van der Waals surface area (Å²) in [5.74, 6) is 1.23. The van der Waals surface area contributed by atoms with Crippen molar-refractivity contribution in [2.75, 3.05) is 26.0 Å². The summed E-state index contributed by atoms with van der Waals surface area (Å²) in [5, 5.41) is 11.8. The molecule has 5 nitrogen and oxygen atoms in total. The van der Waals surface area contributed by atoms with E-state index in [1.807, 2.05) is 24.3 Å². The summed E-state index contributed by atoms with van der Waals surface area (Å²) >= 11 is 0. The van der Waals surface area contributed by atoms with Gasteiger partial charge in [-0.15, -0.1) is 10.2 Å². The maximum atomic E-state index is 4.53. The highest BCUT2D eigenvalue weighted by molar-refractivity contribution is 5.74. The number of hydrogen-bond acceptors (Lipinski definition) is 5. The fourth-order valence-electron chi connectivity index (χ4n) is 2.31. The first-order valence-electron chi connectivity index (χ1n) is 7.05. The summed E-state index contributed by atoms with van der Waals surface area (Å²) in [6.45, 7) is 5.40. The van der Waals surface area contributed by atoms with Gasteiger partial charge in [0.25, 0.3) is 0 Å². The Labute approximate surface area is 120 Å². The Bertz CT molecular complexity index is 543. The van der Waals surface area contributed by atoms with Gasteiger partial charge in [-0.05, 0) is 38.6 Å². The highest BCUT2D eigenvalue weighted by Gasteiger charge is 2.13. The number of benzene rings is 1. The molecule has 0 aliphatic heterocycles. The topological polar surface area (TPSA) is 53.9 Å². The van der Waals surface area contributed by atoms with Gasteiger partial charge in [0.2, 0.25) is 5.95 Å². The Hall–Kier alpha value is -1.75. The fourth-order valence-corrected chi connectivity index (χ4v) is 2.31. The minimum Gasteiger partial charge on any atom is -0.349 e. The van der Waals surface area contributed by atoms with Crippen LogP contribution in [0.4, 0.5) is 5.95 Å². The third kappa shape index (κ3) is 4.13.